The van der Waals surface area contributed by atoms with E-state index < -0.39 is 0 Å². The first-order chi connectivity index (χ1) is 14.5. The van der Waals surface area contributed by atoms with Gasteiger partial charge in [0.1, 0.15) is 11.3 Å². The molecule has 4 rings (SSSR count). The van der Waals surface area contributed by atoms with E-state index in [1.165, 1.54) is 0 Å². The number of hydrogen-bond acceptors (Lipinski definition) is 4. The van der Waals surface area contributed by atoms with Gasteiger partial charge in [0.05, 0.1) is 13.5 Å². The van der Waals surface area contributed by atoms with E-state index in [4.69, 9.17) is 9.15 Å². The Morgan fingerprint density at radius 1 is 0.967 bits per heavy atom. The van der Waals surface area contributed by atoms with Crippen LogP contribution in [0.5, 0.6) is 5.75 Å². The largest absolute Gasteiger partial charge is 0.497 e. The number of carbonyl (C=O) groups is 2. The first kappa shape index (κ1) is 19.5. The maximum absolute atomic E-state index is 13.0. The standard InChI is InChI=1S/C25H21NO4/c1-16-21-15-19(26-23(27)13-17-7-4-3-5-8-17)11-12-22(21)30-25(16)24(28)18-9-6-10-20(14-18)29-2/h3-12,14-15H,13H2,1-2H3,(H,26,27). The van der Waals surface area contributed by atoms with Crippen molar-refractivity contribution in [1.82, 2.24) is 0 Å². The molecule has 0 bridgehead atoms. The Labute approximate surface area is 174 Å². The summed E-state index contributed by atoms with van der Waals surface area (Å²) in [6.07, 6.45) is 0.294. The minimum atomic E-state index is -0.211. The van der Waals surface area contributed by atoms with E-state index in [9.17, 15) is 9.59 Å². The van der Waals surface area contributed by atoms with Gasteiger partial charge in [0.15, 0.2) is 5.76 Å². The fourth-order valence-electron chi connectivity index (χ4n) is 3.40. The molecule has 30 heavy (non-hydrogen) atoms. The summed E-state index contributed by atoms with van der Waals surface area (Å²) in [5.41, 5.74) is 3.43. The topological polar surface area (TPSA) is 68.5 Å². The molecule has 4 aromatic rings. The zero-order valence-electron chi connectivity index (χ0n) is 16.8. The van der Waals surface area contributed by atoms with Crippen LogP contribution in [0.2, 0.25) is 0 Å². The van der Waals surface area contributed by atoms with Crippen LogP contribution in [0, 0.1) is 6.92 Å². The van der Waals surface area contributed by atoms with Crippen molar-refractivity contribution in [2.24, 2.45) is 0 Å². The predicted molar refractivity (Wildman–Crippen MR) is 116 cm³/mol. The van der Waals surface area contributed by atoms with Crippen molar-refractivity contribution < 1.29 is 18.7 Å². The van der Waals surface area contributed by atoms with Gasteiger partial charge in [0, 0.05) is 22.2 Å². The highest BCUT2D eigenvalue weighted by Gasteiger charge is 2.20. The number of ketones is 1. The number of benzene rings is 3. The molecule has 1 heterocycles. The molecule has 0 aliphatic heterocycles. The molecule has 5 heteroatoms. The predicted octanol–water partition coefficient (Wildman–Crippen LogP) is 5.16. The number of methoxy groups -OCH3 is 1. The quantitative estimate of drug-likeness (QED) is 0.455. The lowest BCUT2D eigenvalue weighted by molar-refractivity contribution is -0.115. The second-order valence-electron chi connectivity index (χ2n) is 7.04. The van der Waals surface area contributed by atoms with Gasteiger partial charge in [0.25, 0.3) is 0 Å². The Morgan fingerprint density at radius 3 is 2.53 bits per heavy atom. The third-order valence-corrected chi connectivity index (χ3v) is 4.97. The summed E-state index contributed by atoms with van der Waals surface area (Å²) in [5, 5.41) is 3.70. The smallest absolute Gasteiger partial charge is 0.228 e. The Kier molecular flexibility index (Phi) is 5.35. The summed E-state index contributed by atoms with van der Waals surface area (Å²) in [4.78, 5) is 25.3. The van der Waals surface area contributed by atoms with E-state index in [-0.39, 0.29) is 17.5 Å². The van der Waals surface area contributed by atoms with Gasteiger partial charge >= 0.3 is 0 Å². The lowest BCUT2D eigenvalue weighted by atomic mass is 10.0. The van der Waals surface area contributed by atoms with Gasteiger partial charge < -0.3 is 14.5 Å². The molecular formula is C25H21NO4. The van der Waals surface area contributed by atoms with E-state index in [0.717, 1.165) is 16.5 Å². The SMILES string of the molecule is COc1cccc(C(=O)c2oc3ccc(NC(=O)Cc4ccccc4)cc3c2C)c1. The minimum Gasteiger partial charge on any atom is -0.497 e. The first-order valence-electron chi connectivity index (χ1n) is 9.61. The number of rotatable bonds is 6. The highest BCUT2D eigenvalue weighted by Crippen LogP contribution is 2.30. The van der Waals surface area contributed by atoms with Crippen LogP contribution in [0.25, 0.3) is 11.0 Å². The van der Waals surface area contributed by atoms with E-state index in [1.807, 2.05) is 43.3 Å². The van der Waals surface area contributed by atoms with Crippen LogP contribution in [-0.2, 0) is 11.2 Å². The van der Waals surface area contributed by atoms with Gasteiger partial charge in [-0.3, -0.25) is 9.59 Å². The number of fused-ring (bicyclic) bond motifs is 1. The molecule has 0 atom stereocenters. The molecule has 150 valence electrons. The number of furan rings is 1. The van der Waals surface area contributed by atoms with Gasteiger partial charge in [0.2, 0.25) is 11.7 Å². The Hall–Kier alpha value is -3.86. The number of anilines is 1. The third-order valence-electron chi connectivity index (χ3n) is 4.97. The maximum Gasteiger partial charge on any atom is 0.228 e. The molecule has 1 amide bonds. The number of ether oxygens (including phenoxy) is 1. The highest BCUT2D eigenvalue weighted by molar-refractivity contribution is 6.11. The van der Waals surface area contributed by atoms with E-state index >= 15 is 0 Å². The average Bonchev–Trinajstić information content (AvgIpc) is 3.10. The summed E-state index contributed by atoms with van der Waals surface area (Å²) in [5.74, 6) is 0.579. The van der Waals surface area contributed by atoms with Crippen molar-refractivity contribution in [3.8, 4) is 5.75 Å². The van der Waals surface area contributed by atoms with Crippen LogP contribution >= 0.6 is 0 Å². The molecule has 0 aliphatic carbocycles. The molecule has 3 aromatic carbocycles. The van der Waals surface area contributed by atoms with Crippen LogP contribution in [0.15, 0.2) is 77.2 Å². The van der Waals surface area contributed by atoms with Crippen molar-refractivity contribution in [2.75, 3.05) is 12.4 Å². The van der Waals surface area contributed by atoms with E-state index in [0.29, 0.717) is 29.0 Å². The molecule has 1 N–H and O–H groups in total. The van der Waals surface area contributed by atoms with Crippen molar-refractivity contribution in [3.05, 3.63) is 95.2 Å². The van der Waals surface area contributed by atoms with Crippen molar-refractivity contribution in [3.63, 3.8) is 0 Å². The second kappa shape index (κ2) is 8.25. The third kappa shape index (κ3) is 3.96. The number of carbonyl (C=O) groups excluding carboxylic acids is 2. The van der Waals surface area contributed by atoms with Crippen LogP contribution in [0.1, 0.15) is 27.2 Å². The van der Waals surface area contributed by atoms with Crippen LogP contribution < -0.4 is 10.1 Å². The van der Waals surface area contributed by atoms with Gasteiger partial charge in [-0.25, -0.2) is 0 Å². The zero-order chi connectivity index (χ0) is 21.1. The summed E-state index contributed by atoms with van der Waals surface area (Å²) in [7, 11) is 1.56. The maximum atomic E-state index is 13.0. The van der Waals surface area contributed by atoms with Gasteiger partial charge in [-0.15, -0.1) is 0 Å². The normalized spacial score (nSPS) is 10.7. The second-order valence-corrected chi connectivity index (χ2v) is 7.04. The van der Waals surface area contributed by atoms with Crippen molar-refractivity contribution in [2.45, 2.75) is 13.3 Å². The molecule has 0 saturated heterocycles. The van der Waals surface area contributed by atoms with E-state index in [1.54, 1.807) is 43.5 Å². The molecule has 5 nitrogen and oxygen atoms in total. The summed E-state index contributed by atoms with van der Waals surface area (Å²) < 4.78 is 11.0. The van der Waals surface area contributed by atoms with Gasteiger partial charge in [-0.05, 0) is 42.8 Å². The average molecular weight is 399 g/mol. The summed E-state index contributed by atoms with van der Waals surface area (Å²) >= 11 is 0. The molecular weight excluding hydrogens is 378 g/mol. The number of aryl methyl sites for hydroxylation is 1. The molecule has 0 saturated carbocycles. The van der Waals surface area contributed by atoms with Crippen LogP contribution in [0.3, 0.4) is 0 Å². The summed E-state index contributed by atoms with van der Waals surface area (Å²) in [6.45, 7) is 1.84. The summed E-state index contributed by atoms with van der Waals surface area (Å²) in [6, 6.07) is 21.9. The molecule has 0 fully saturated rings. The lowest BCUT2D eigenvalue weighted by Crippen LogP contribution is -2.14. The Balaban J connectivity index is 1.58. The molecule has 1 aromatic heterocycles. The molecule has 0 radical (unpaired) electrons. The molecule has 0 spiro atoms. The first-order valence-corrected chi connectivity index (χ1v) is 9.61. The Bertz CT molecular complexity index is 1220. The number of hydrogen-bond donors (Lipinski definition) is 1. The monoisotopic (exact) mass is 399 g/mol. The van der Waals surface area contributed by atoms with Crippen LogP contribution in [-0.4, -0.2) is 18.8 Å². The van der Waals surface area contributed by atoms with Gasteiger partial charge in [-0.1, -0.05) is 42.5 Å². The van der Waals surface area contributed by atoms with Crippen LogP contribution in [0.4, 0.5) is 5.69 Å². The van der Waals surface area contributed by atoms with Crippen molar-refractivity contribution in [1.29, 1.82) is 0 Å². The fourth-order valence-corrected chi connectivity index (χ4v) is 3.40. The fraction of sp³-hybridized carbons (Fsp3) is 0.120. The molecule has 0 aliphatic rings. The lowest BCUT2D eigenvalue weighted by Gasteiger charge is -2.05. The Morgan fingerprint density at radius 2 is 1.77 bits per heavy atom. The van der Waals surface area contributed by atoms with Crippen molar-refractivity contribution >= 4 is 28.3 Å². The minimum absolute atomic E-state index is 0.102. The van der Waals surface area contributed by atoms with Gasteiger partial charge in [-0.2, -0.15) is 0 Å². The number of nitrogens with one attached hydrogen (secondary N) is 1. The number of amides is 1. The molecule has 0 unspecified atom stereocenters. The van der Waals surface area contributed by atoms with E-state index in [2.05, 4.69) is 5.32 Å². The zero-order valence-corrected chi connectivity index (χ0v) is 16.8. The highest BCUT2D eigenvalue weighted by atomic mass is 16.5.